The third-order valence-corrected chi connectivity index (χ3v) is 3.21. The molecule has 0 radical (unpaired) electrons. The van der Waals surface area contributed by atoms with Gasteiger partial charge in [0, 0.05) is 6.54 Å². The highest BCUT2D eigenvalue weighted by atomic mass is 19.4. The van der Waals surface area contributed by atoms with Gasteiger partial charge < -0.3 is 10.4 Å². The summed E-state index contributed by atoms with van der Waals surface area (Å²) in [6.45, 7) is 3.09. The van der Waals surface area contributed by atoms with Gasteiger partial charge in [0.25, 0.3) is 0 Å². The zero-order valence-corrected chi connectivity index (χ0v) is 12.9. The molecule has 0 spiro atoms. The Hall–Kier alpha value is -1.77. The summed E-state index contributed by atoms with van der Waals surface area (Å²) in [7, 11) is 0. The van der Waals surface area contributed by atoms with Gasteiger partial charge in [-0.25, -0.2) is 0 Å². The summed E-state index contributed by atoms with van der Waals surface area (Å²) >= 11 is 0. The molecule has 0 heterocycles. The highest BCUT2D eigenvalue weighted by molar-refractivity contribution is 5.73. The van der Waals surface area contributed by atoms with Gasteiger partial charge >= 0.3 is 18.3 Å². The van der Waals surface area contributed by atoms with Crippen LogP contribution in [0.2, 0.25) is 0 Å². The first kappa shape index (κ1) is 20.3. The van der Waals surface area contributed by atoms with Gasteiger partial charge in [-0.3, -0.25) is 4.79 Å². The summed E-state index contributed by atoms with van der Waals surface area (Å²) in [5, 5.41) is 11.5. The van der Waals surface area contributed by atoms with Crippen LogP contribution < -0.4 is 5.32 Å². The number of aliphatic carboxylic acids is 1. The summed E-state index contributed by atoms with van der Waals surface area (Å²) in [6.07, 6.45) is -9.67. The maximum absolute atomic E-state index is 12.8. The Morgan fingerprint density at radius 2 is 1.50 bits per heavy atom. The fraction of sp³-hybridized carbons (Fsp3) is 0.533. The normalized spacial score (nSPS) is 14.0. The maximum Gasteiger partial charge on any atom is 0.416 e. The quantitative estimate of drug-likeness (QED) is 0.746. The fourth-order valence-electron chi connectivity index (χ4n) is 2.11. The number of rotatable bonds is 6. The average Bonchev–Trinajstić information content (AvgIpc) is 2.40. The molecule has 24 heavy (non-hydrogen) atoms. The molecule has 0 unspecified atom stereocenters. The minimum absolute atomic E-state index is 0.00848. The number of alkyl halides is 6. The molecule has 0 saturated heterocycles. The molecule has 0 saturated carbocycles. The molecular formula is C15H17F6NO2. The van der Waals surface area contributed by atoms with Crippen LogP contribution in [0.5, 0.6) is 0 Å². The largest absolute Gasteiger partial charge is 0.480 e. The lowest BCUT2D eigenvalue weighted by Crippen LogP contribution is -2.37. The second kappa shape index (κ2) is 7.42. The van der Waals surface area contributed by atoms with Crippen LogP contribution in [0.4, 0.5) is 26.3 Å². The molecule has 1 aromatic rings. The van der Waals surface area contributed by atoms with Gasteiger partial charge in [0.15, 0.2) is 0 Å². The SMILES string of the molecule is CC(C)C[C@@H](NCc1cc(C(F)(F)F)cc(C(F)(F)F)c1)C(=O)O. The molecular weight excluding hydrogens is 340 g/mol. The molecule has 2 N–H and O–H groups in total. The predicted octanol–water partition coefficient (Wildman–Crippen LogP) is 4.31. The van der Waals surface area contributed by atoms with Crippen LogP contribution in [0.1, 0.15) is 37.0 Å². The first-order valence-corrected chi connectivity index (χ1v) is 7.05. The van der Waals surface area contributed by atoms with Gasteiger partial charge in [-0.2, -0.15) is 26.3 Å². The molecule has 0 fully saturated rings. The third-order valence-electron chi connectivity index (χ3n) is 3.21. The first-order valence-electron chi connectivity index (χ1n) is 7.05. The van der Waals surface area contributed by atoms with E-state index < -0.39 is 42.0 Å². The molecule has 3 nitrogen and oxygen atoms in total. The monoisotopic (exact) mass is 357 g/mol. The minimum atomic E-state index is -4.93. The van der Waals surface area contributed by atoms with Gasteiger partial charge in [-0.15, -0.1) is 0 Å². The Bertz CT molecular complexity index is 548. The number of carboxylic acid groups (broad SMARTS) is 1. The molecule has 0 bridgehead atoms. The zero-order chi connectivity index (χ0) is 18.7. The molecule has 136 valence electrons. The number of halogens is 6. The summed E-state index contributed by atoms with van der Waals surface area (Å²) in [4.78, 5) is 11.1. The lowest BCUT2D eigenvalue weighted by Gasteiger charge is -2.18. The van der Waals surface area contributed by atoms with E-state index >= 15 is 0 Å². The Kier molecular flexibility index (Phi) is 6.26. The number of hydrogen-bond acceptors (Lipinski definition) is 2. The van der Waals surface area contributed by atoms with Crippen molar-refractivity contribution < 1.29 is 36.2 Å². The minimum Gasteiger partial charge on any atom is -0.480 e. The average molecular weight is 357 g/mol. The van der Waals surface area contributed by atoms with E-state index in [1.54, 1.807) is 13.8 Å². The van der Waals surface area contributed by atoms with Crippen molar-refractivity contribution >= 4 is 5.97 Å². The molecule has 0 aliphatic heterocycles. The van der Waals surface area contributed by atoms with Crippen LogP contribution in [-0.2, 0) is 23.7 Å². The van der Waals surface area contributed by atoms with Crippen LogP contribution in [0, 0.1) is 5.92 Å². The van der Waals surface area contributed by atoms with E-state index in [0.717, 1.165) is 0 Å². The topological polar surface area (TPSA) is 49.3 Å². The van der Waals surface area contributed by atoms with Crippen LogP contribution in [-0.4, -0.2) is 17.1 Å². The summed E-state index contributed by atoms with van der Waals surface area (Å²) in [6, 6.07) is 0.133. The van der Waals surface area contributed by atoms with Gasteiger partial charge in [0.05, 0.1) is 11.1 Å². The molecule has 1 rings (SSSR count). The van der Waals surface area contributed by atoms with E-state index in [0.29, 0.717) is 12.1 Å². The zero-order valence-electron chi connectivity index (χ0n) is 12.9. The highest BCUT2D eigenvalue weighted by Crippen LogP contribution is 2.36. The molecule has 0 aliphatic carbocycles. The second-order valence-electron chi connectivity index (χ2n) is 5.82. The Morgan fingerprint density at radius 3 is 1.83 bits per heavy atom. The third kappa shape index (κ3) is 6.03. The van der Waals surface area contributed by atoms with Gasteiger partial charge in [-0.1, -0.05) is 13.8 Å². The van der Waals surface area contributed by atoms with Crippen molar-refractivity contribution in [3.63, 3.8) is 0 Å². The van der Waals surface area contributed by atoms with Crippen LogP contribution in [0.15, 0.2) is 18.2 Å². The Balaban J connectivity index is 3.08. The number of nitrogens with one attached hydrogen (secondary N) is 1. The van der Waals surface area contributed by atoms with Gasteiger partial charge in [0.1, 0.15) is 6.04 Å². The Morgan fingerprint density at radius 1 is 1.04 bits per heavy atom. The fourth-order valence-corrected chi connectivity index (χ4v) is 2.11. The van der Waals surface area contributed by atoms with Crippen LogP contribution in [0.25, 0.3) is 0 Å². The van der Waals surface area contributed by atoms with Gasteiger partial charge in [0.2, 0.25) is 0 Å². The summed E-state index contributed by atoms with van der Waals surface area (Å²) in [5.74, 6) is -1.22. The van der Waals surface area contributed by atoms with Crippen molar-refractivity contribution in [3.8, 4) is 0 Å². The first-order chi connectivity index (χ1) is 10.8. The lowest BCUT2D eigenvalue weighted by molar-refractivity contribution is -0.143. The van der Waals surface area contributed by atoms with E-state index in [1.807, 2.05) is 0 Å². The lowest BCUT2D eigenvalue weighted by atomic mass is 10.0. The van der Waals surface area contributed by atoms with Crippen molar-refractivity contribution in [2.75, 3.05) is 0 Å². The second-order valence-corrected chi connectivity index (χ2v) is 5.82. The maximum atomic E-state index is 12.8. The van der Waals surface area contributed by atoms with Crippen molar-refractivity contribution in [2.45, 2.75) is 45.2 Å². The molecule has 0 aliphatic rings. The number of hydrogen-bond donors (Lipinski definition) is 2. The molecule has 1 aromatic carbocycles. The number of carboxylic acids is 1. The summed E-state index contributed by atoms with van der Waals surface area (Å²) in [5.41, 5.74) is -3.14. The molecule has 9 heteroatoms. The number of carbonyl (C=O) groups is 1. The predicted molar refractivity (Wildman–Crippen MR) is 74.2 cm³/mol. The van der Waals surface area contributed by atoms with E-state index in [2.05, 4.69) is 5.32 Å². The van der Waals surface area contributed by atoms with E-state index in [9.17, 15) is 31.1 Å². The van der Waals surface area contributed by atoms with Gasteiger partial charge in [-0.05, 0) is 36.1 Å². The van der Waals surface area contributed by atoms with Crippen molar-refractivity contribution in [1.29, 1.82) is 0 Å². The number of benzene rings is 1. The van der Waals surface area contributed by atoms with E-state index in [-0.39, 0.29) is 24.0 Å². The highest BCUT2D eigenvalue weighted by Gasteiger charge is 2.36. The van der Waals surface area contributed by atoms with Crippen LogP contribution in [0.3, 0.4) is 0 Å². The van der Waals surface area contributed by atoms with Crippen molar-refractivity contribution in [1.82, 2.24) is 5.32 Å². The smallest absolute Gasteiger partial charge is 0.416 e. The Labute approximate surface area is 134 Å². The molecule has 0 amide bonds. The molecule has 0 aromatic heterocycles. The van der Waals surface area contributed by atoms with Crippen molar-refractivity contribution in [3.05, 3.63) is 34.9 Å². The standard InChI is InChI=1S/C15H17F6NO2/c1-8(2)3-12(13(23)24)22-7-9-4-10(14(16,17)18)6-11(5-9)15(19,20)21/h4-6,8,12,22H,3,7H2,1-2H3,(H,23,24)/t12-/m1/s1. The van der Waals surface area contributed by atoms with E-state index in [1.165, 1.54) is 0 Å². The van der Waals surface area contributed by atoms with E-state index in [4.69, 9.17) is 5.11 Å². The summed E-state index contributed by atoms with van der Waals surface area (Å²) < 4.78 is 76.5. The van der Waals surface area contributed by atoms with Crippen molar-refractivity contribution in [2.24, 2.45) is 5.92 Å². The van der Waals surface area contributed by atoms with Crippen LogP contribution >= 0.6 is 0 Å². The molecule has 1 atom stereocenters.